The highest BCUT2D eigenvalue weighted by atomic mass is 19.1. The van der Waals surface area contributed by atoms with Crippen LogP contribution in [0.15, 0.2) is 36.4 Å². The van der Waals surface area contributed by atoms with Crippen molar-refractivity contribution in [3.63, 3.8) is 0 Å². The Labute approximate surface area is 121 Å². The number of benzene rings is 2. The third-order valence-corrected chi connectivity index (χ3v) is 3.06. The second-order valence-corrected chi connectivity index (χ2v) is 4.63. The van der Waals surface area contributed by atoms with Crippen molar-refractivity contribution in [2.75, 3.05) is 12.4 Å². The number of carbonyl (C=O) groups is 1. The van der Waals surface area contributed by atoms with Crippen LogP contribution < -0.4 is 5.32 Å². The van der Waals surface area contributed by atoms with Gasteiger partial charge in [0.15, 0.2) is 0 Å². The van der Waals surface area contributed by atoms with Crippen molar-refractivity contribution in [2.45, 2.75) is 13.5 Å². The Morgan fingerprint density at radius 3 is 2.57 bits per heavy atom. The van der Waals surface area contributed by atoms with Gasteiger partial charge in [-0.2, -0.15) is 0 Å². The normalized spacial score (nSPS) is 10.3. The third kappa shape index (κ3) is 3.56. The van der Waals surface area contributed by atoms with E-state index in [1.807, 2.05) is 6.92 Å². The maximum absolute atomic E-state index is 13.7. The summed E-state index contributed by atoms with van der Waals surface area (Å²) in [6.07, 6.45) is 0. The molecule has 0 unspecified atom stereocenters. The average Bonchev–Trinajstić information content (AvgIpc) is 2.48. The van der Waals surface area contributed by atoms with E-state index in [0.29, 0.717) is 5.56 Å². The van der Waals surface area contributed by atoms with Gasteiger partial charge < -0.3 is 10.1 Å². The summed E-state index contributed by atoms with van der Waals surface area (Å²) in [5.74, 6) is -1.44. The number of nitrogens with one attached hydrogen (secondary N) is 1. The number of esters is 1. The van der Waals surface area contributed by atoms with Gasteiger partial charge in [0, 0.05) is 12.1 Å². The van der Waals surface area contributed by atoms with Crippen LogP contribution in [0.1, 0.15) is 21.5 Å². The van der Waals surface area contributed by atoms with Crippen molar-refractivity contribution in [1.29, 1.82) is 0 Å². The molecule has 0 aliphatic rings. The first-order chi connectivity index (χ1) is 10.0. The fourth-order valence-electron chi connectivity index (χ4n) is 1.94. The van der Waals surface area contributed by atoms with Crippen LogP contribution in [0.3, 0.4) is 0 Å². The molecule has 3 nitrogen and oxygen atoms in total. The van der Waals surface area contributed by atoms with Crippen LogP contribution in [-0.4, -0.2) is 13.1 Å². The summed E-state index contributed by atoms with van der Waals surface area (Å²) in [7, 11) is 1.25. The van der Waals surface area contributed by atoms with E-state index < -0.39 is 11.8 Å². The molecule has 0 aromatic heterocycles. The maximum atomic E-state index is 13.7. The molecule has 0 radical (unpaired) electrons. The molecule has 0 amide bonds. The summed E-state index contributed by atoms with van der Waals surface area (Å²) in [6.45, 7) is 1.97. The second kappa shape index (κ2) is 6.35. The van der Waals surface area contributed by atoms with Crippen LogP contribution in [0.25, 0.3) is 0 Å². The zero-order valence-corrected chi connectivity index (χ0v) is 11.7. The van der Waals surface area contributed by atoms with Crippen molar-refractivity contribution < 1.29 is 18.3 Å². The van der Waals surface area contributed by atoms with E-state index in [1.54, 1.807) is 12.1 Å². The van der Waals surface area contributed by atoms with Crippen LogP contribution in [0.5, 0.6) is 0 Å². The number of halogens is 2. The number of rotatable bonds is 4. The summed E-state index contributed by atoms with van der Waals surface area (Å²) >= 11 is 0. The summed E-state index contributed by atoms with van der Waals surface area (Å²) in [5.41, 5.74) is 1.69. The molecule has 0 heterocycles. The Hall–Kier alpha value is -2.43. The average molecular weight is 291 g/mol. The molecule has 0 aliphatic carbocycles. The molecule has 0 fully saturated rings. The van der Waals surface area contributed by atoms with E-state index in [9.17, 15) is 13.6 Å². The Balaban J connectivity index is 2.19. The SMILES string of the molecule is COC(=O)c1ccc(F)c(NCc2cc(C)ccc2F)c1. The smallest absolute Gasteiger partial charge is 0.337 e. The first-order valence-corrected chi connectivity index (χ1v) is 6.38. The molecule has 2 aromatic rings. The third-order valence-electron chi connectivity index (χ3n) is 3.06. The Morgan fingerprint density at radius 2 is 1.86 bits per heavy atom. The van der Waals surface area contributed by atoms with Gasteiger partial charge in [0.25, 0.3) is 0 Å². The lowest BCUT2D eigenvalue weighted by Gasteiger charge is -2.10. The number of hydrogen-bond donors (Lipinski definition) is 1. The molecule has 0 bridgehead atoms. The Bertz CT molecular complexity index is 671. The highest BCUT2D eigenvalue weighted by Crippen LogP contribution is 2.19. The highest BCUT2D eigenvalue weighted by Gasteiger charge is 2.10. The molecule has 21 heavy (non-hydrogen) atoms. The minimum Gasteiger partial charge on any atom is -0.465 e. The van der Waals surface area contributed by atoms with Gasteiger partial charge >= 0.3 is 5.97 Å². The van der Waals surface area contributed by atoms with Gasteiger partial charge in [-0.25, -0.2) is 13.6 Å². The van der Waals surface area contributed by atoms with Crippen LogP contribution >= 0.6 is 0 Å². The minimum atomic E-state index is -0.556. The van der Waals surface area contributed by atoms with Crippen molar-refractivity contribution in [2.24, 2.45) is 0 Å². The van der Waals surface area contributed by atoms with Crippen LogP contribution in [-0.2, 0) is 11.3 Å². The number of anilines is 1. The number of aryl methyl sites for hydroxylation is 1. The van der Waals surface area contributed by atoms with Crippen molar-refractivity contribution in [3.8, 4) is 0 Å². The number of ether oxygens (including phenoxy) is 1. The zero-order chi connectivity index (χ0) is 15.4. The van der Waals surface area contributed by atoms with E-state index >= 15 is 0 Å². The Morgan fingerprint density at radius 1 is 1.14 bits per heavy atom. The number of hydrogen-bond acceptors (Lipinski definition) is 3. The van der Waals surface area contributed by atoms with Crippen LogP contribution in [0.2, 0.25) is 0 Å². The summed E-state index contributed by atoms with van der Waals surface area (Å²) in [4.78, 5) is 11.4. The van der Waals surface area contributed by atoms with Gasteiger partial charge in [-0.3, -0.25) is 0 Å². The molecule has 0 saturated heterocycles. The topological polar surface area (TPSA) is 38.3 Å². The fraction of sp³-hybridized carbons (Fsp3) is 0.188. The quantitative estimate of drug-likeness (QED) is 0.873. The van der Waals surface area contributed by atoms with E-state index in [4.69, 9.17) is 0 Å². The van der Waals surface area contributed by atoms with E-state index in [-0.39, 0.29) is 23.6 Å². The molecule has 0 spiro atoms. The van der Waals surface area contributed by atoms with Crippen LogP contribution in [0, 0.1) is 18.6 Å². The minimum absolute atomic E-state index is 0.120. The first kappa shape index (κ1) is 15.0. The van der Waals surface area contributed by atoms with Gasteiger partial charge in [-0.1, -0.05) is 17.7 Å². The largest absolute Gasteiger partial charge is 0.465 e. The predicted molar refractivity (Wildman–Crippen MR) is 76.2 cm³/mol. The standard InChI is InChI=1S/C16H15F2NO2/c1-10-3-5-13(17)12(7-10)9-19-15-8-11(16(20)21-2)4-6-14(15)18/h3-8,19H,9H2,1-2H3. The molecule has 2 aromatic carbocycles. The fourth-order valence-corrected chi connectivity index (χ4v) is 1.94. The van der Waals surface area contributed by atoms with Crippen molar-refractivity contribution in [3.05, 3.63) is 64.7 Å². The highest BCUT2D eigenvalue weighted by molar-refractivity contribution is 5.90. The van der Waals surface area contributed by atoms with Gasteiger partial charge in [0.05, 0.1) is 18.4 Å². The summed E-state index contributed by atoms with van der Waals surface area (Å²) in [6, 6.07) is 8.56. The molecular formula is C16H15F2NO2. The Kier molecular flexibility index (Phi) is 4.52. The van der Waals surface area contributed by atoms with Crippen LogP contribution in [0.4, 0.5) is 14.5 Å². The molecule has 0 saturated carbocycles. The van der Waals surface area contributed by atoms with Crippen molar-refractivity contribution in [1.82, 2.24) is 0 Å². The van der Waals surface area contributed by atoms with Gasteiger partial charge in [-0.05, 0) is 31.2 Å². The van der Waals surface area contributed by atoms with Crippen molar-refractivity contribution >= 4 is 11.7 Å². The molecule has 5 heteroatoms. The summed E-state index contributed by atoms with van der Waals surface area (Å²) in [5, 5.41) is 2.79. The molecule has 2 rings (SSSR count). The first-order valence-electron chi connectivity index (χ1n) is 6.38. The van der Waals surface area contributed by atoms with E-state index in [2.05, 4.69) is 10.1 Å². The molecular weight excluding hydrogens is 276 g/mol. The predicted octanol–water partition coefficient (Wildman–Crippen LogP) is 3.67. The molecule has 0 atom stereocenters. The second-order valence-electron chi connectivity index (χ2n) is 4.63. The van der Waals surface area contributed by atoms with Gasteiger partial charge in [0.1, 0.15) is 11.6 Å². The molecule has 110 valence electrons. The lowest BCUT2D eigenvalue weighted by Crippen LogP contribution is -2.07. The lowest BCUT2D eigenvalue weighted by molar-refractivity contribution is 0.0600. The van der Waals surface area contributed by atoms with E-state index in [1.165, 1.54) is 31.4 Å². The molecule has 0 aliphatic heterocycles. The molecule has 1 N–H and O–H groups in total. The number of carbonyl (C=O) groups excluding carboxylic acids is 1. The monoisotopic (exact) mass is 291 g/mol. The summed E-state index contributed by atoms with van der Waals surface area (Å²) < 4.78 is 31.9. The van der Waals surface area contributed by atoms with Gasteiger partial charge in [-0.15, -0.1) is 0 Å². The lowest BCUT2D eigenvalue weighted by atomic mass is 10.1. The van der Waals surface area contributed by atoms with E-state index in [0.717, 1.165) is 5.56 Å². The zero-order valence-electron chi connectivity index (χ0n) is 11.7. The number of methoxy groups -OCH3 is 1. The maximum Gasteiger partial charge on any atom is 0.337 e. The van der Waals surface area contributed by atoms with Gasteiger partial charge in [0.2, 0.25) is 0 Å².